The van der Waals surface area contributed by atoms with E-state index in [1.807, 2.05) is 73.8 Å². The fourth-order valence-corrected chi connectivity index (χ4v) is 3.21. The van der Waals surface area contributed by atoms with Gasteiger partial charge in [0.15, 0.2) is 5.75 Å². The first-order valence-corrected chi connectivity index (χ1v) is 9.41. The first-order chi connectivity index (χ1) is 14.1. The standard InChI is InChI=1S/C24H23N3O2/c1-16-10-19(8-9-21(16)25)29-24-14-27-22-12-23(18(13-26-2)11-20(22)24)28-15-17-6-4-3-5-7-17/h3-12,14,27H,2,13,15,25H2,1H3. The summed E-state index contributed by atoms with van der Waals surface area (Å²) >= 11 is 0. The van der Waals surface area contributed by atoms with Gasteiger partial charge in [0.25, 0.3) is 0 Å². The summed E-state index contributed by atoms with van der Waals surface area (Å²) in [6, 6.07) is 19.7. The van der Waals surface area contributed by atoms with Crippen molar-refractivity contribution in [2.45, 2.75) is 20.1 Å². The minimum Gasteiger partial charge on any atom is -0.488 e. The number of anilines is 1. The molecule has 0 atom stereocenters. The summed E-state index contributed by atoms with van der Waals surface area (Å²) in [4.78, 5) is 7.32. The van der Waals surface area contributed by atoms with Crippen molar-refractivity contribution in [3.63, 3.8) is 0 Å². The van der Waals surface area contributed by atoms with Gasteiger partial charge in [-0.25, -0.2) is 0 Å². The van der Waals surface area contributed by atoms with E-state index < -0.39 is 0 Å². The fourth-order valence-electron chi connectivity index (χ4n) is 3.21. The molecule has 0 saturated heterocycles. The lowest BCUT2D eigenvalue weighted by atomic mass is 10.1. The van der Waals surface area contributed by atoms with Gasteiger partial charge in [-0.05, 0) is 49.0 Å². The smallest absolute Gasteiger partial charge is 0.152 e. The Kier molecular flexibility index (Phi) is 5.20. The van der Waals surface area contributed by atoms with Gasteiger partial charge in [-0.3, -0.25) is 4.99 Å². The number of H-pyrrole nitrogens is 1. The number of hydrogen-bond acceptors (Lipinski definition) is 4. The Labute approximate surface area is 169 Å². The minimum absolute atomic E-state index is 0.464. The van der Waals surface area contributed by atoms with Crippen LogP contribution in [0.15, 0.2) is 71.9 Å². The molecule has 146 valence electrons. The van der Waals surface area contributed by atoms with Crippen LogP contribution in [0.5, 0.6) is 17.2 Å². The lowest BCUT2D eigenvalue weighted by Crippen LogP contribution is -1.98. The van der Waals surface area contributed by atoms with E-state index in [2.05, 4.69) is 16.7 Å². The molecule has 4 rings (SSSR count). The summed E-state index contributed by atoms with van der Waals surface area (Å²) in [5.74, 6) is 2.26. The quantitative estimate of drug-likeness (QED) is 0.320. The number of nitrogens with one attached hydrogen (secondary N) is 1. The van der Waals surface area contributed by atoms with Gasteiger partial charge in [0.2, 0.25) is 0 Å². The van der Waals surface area contributed by atoms with Gasteiger partial charge in [0.05, 0.1) is 12.1 Å². The summed E-state index contributed by atoms with van der Waals surface area (Å²) < 4.78 is 12.2. The number of aliphatic imine (C=N–C) groups is 1. The van der Waals surface area contributed by atoms with Crippen LogP contribution in [-0.4, -0.2) is 11.7 Å². The lowest BCUT2D eigenvalue weighted by Gasteiger charge is -2.12. The Morgan fingerprint density at radius 1 is 1.03 bits per heavy atom. The molecule has 29 heavy (non-hydrogen) atoms. The number of nitrogens with zero attached hydrogens (tertiary/aromatic N) is 1. The number of aromatic nitrogens is 1. The molecule has 0 aliphatic rings. The average molecular weight is 385 g/mol. The first kappa shape index (κ1) is 18.6. The van der Waals surface area contributed by atoms with Gasteiger partial charge in [-0.2, -0.15) is 0 Å². The summed E-state index contributed by atoms with van der Waals surface area (Å²) in [7, 11) is 0. The molecule has 0 unspecified atom stereocenters. The second-order valence-corrected chi connectivity index (χ2v) is 6.93. The molecule has 3 aromatic carbocycles. The van der Waals surface area contributed by atoms with Gasteiger partial charge in [-0.15, -0.1) is 0 Å². The predicted molar refractivity (Wildman–Crippen MR) is 118 cm³/mol. The van der Waals surface area contributed by atoms with E-state index in [4.69, 9.17) is 15.2 Å². The highest BCUT2D eigenvalue weighted by molar-refractivity contribution is 5.88. The summed E-state index contributed by atoms with van der Waals surface area (Å²) in [6.07, 6.45) is 1.85. The van der Waals surface area contributed by atoms with Crippen molar-refractivity contribution in [2.75, 3.05) is 5.73 Å². The molecule has 0 amide bonds. The Morgan fingerprint density at radius 3 is 2.62 bits per heavy atom. The number of hydrogen-bond donors (Lipinski definition) is 2. The van der Waals surface area contributed by atoms with Crippen molar-refractivity contribution in [1.29, 1.82) is 0 Å². The van der Waals surface area contributed by atoms with Crippen LogP contribution in [0.4, 0.5) is 5.69 Å². The molecule has 0 bridgehead atoms. The number of aromatic amines is 1. The van der Waals surface area contributed by atoms with Gasteiger partial charge in [0, 0.05) is 28.9 Å². The monoisotopic (exact) mass is 385 g/mol. The maximum atomic E-state index is 6.10. The number of nitrogens with two attached hydrogens (primary N) is 1. The summed E-state index contributed by atoms with van der Waals surface area (Å²) in [5.41, 5.74) is 10.6. The van der Waals surface area contributed by atoms with Crippen LogP contribution in [-0.2, 0) is 13.2 Å². The maximum Gasteiger partial charge on any atom is 0.152 e. The van der Waals surface area contributed by atoms with Crippen LogP contribution in [0.1, 0.15) is 16.7 Å². The lowest BCUT2D eigenvalue weighted by molar-refractivity contribution is 0.303. The van der Waals surface area contributed by atoms with Gasteiger partial charge in [0.1, 0.15) is 18.1 Å². The topological polar surface area (TPSA) is 72.6 Å². The molecule has 0 saturated carbocycles. The second-order valence-electron chi connectivity index (χ2n) is 6.93. The third-order valence-corrected chi connectivity index (χ3v) is 4.81. The molecule has 5 nitrogen and oxygen atoms in total. The molecular formula is C24H23N3O2. The van der Waals surface area contributed by atoms with Crippen LogP contribution in [0.3, 0.4) is 0 Å². The van der Waals surface area contributed by atoms with E-state index in [0.717, 1.165) is 50.5 Å². The average Bonchev–Trinajstić information content (AvgIpc) is 3.11. The van der Waals surface area contributed by atoms with Gasteiger partial charge >= 0.3 is 0 Å². The molecule has 1 aromatic heterocycles. The highest BCUT2D eigenvalue weighted by Gasteiger charge is 2.13. The third-order valence-electron chi connectivity index (χ3n) is 4.81. The zero-order chi connectivity index (χ0) is 20.2. The van der Waals surface area contributed by atoms with Crippen molar-refractivity contribution in [3.05, 3.63) is 83.6 Å². The molecule has 0 aliphatic carbocycles. The number of ether oxygens (including phenoxy) is 2. The Balaban J connectivity index is 1.64. The number of nitrogen functional groups attached to an aromatic ring is 1. The van der Waals surface area contributed by atoms with E-state index in [9.17, 15) is 0 Å². The van der Waals surface area contributed by atoms with Crippen molar-refractivity contribution in [3.8, 4) is 17.2 Å². The Bertz CT molecular complexity index is 1150. The molecule has 0 radical (unpaired) electrons. The Hall–Kier alpha value is -3.73. The highest BCUT2D eigenvalue weighted by atomic mass is 16.5. The SMILES string of the molecule is C=NCc1cc2c(Oc3ccc(N)c(C)c3)c[nH]c2cc1OCc1ccccc1. The maximum absolute atomic E-state index is 6.10. The van der Waals surface area contributed by atoms with E-state index >= 15 is 0 Å². The number of aryl methyl sites for hydroxylation is 1. The number of rotatable bonds is 7. The second kappa shape index (κ2) is 8.10. The van der Waals surface area contributed by atoms with Crippen molar-refractivity contribution >= 4 is 23.3 Å². The zero-order valence-corrected chi connectivity index (χ0v) is 16.3. The molecule has 4 aromatic rings. The summed E-state index contributed by atoms with van der Waals surface area (Å²) in [6.45, 7) is 6.55. The minimum atomic E-state index is 0.464. The van der Waals surface area contributed by atoms with E-state index in [1.165, 1.54) is 0 Å². The van der Waals surface area contributed by atoms with Crippen LogP contribution in [0.2, 0.25) is 0 Å². The Morgan fingerprint density at radius 2 is 1.86 bits per heavy atom. The van der Waals surface area contributed by atoms with Crippen LogP contribution in [0.25, 0.3) is 10.9 Å². The van der Waals surface area contributed by atoms with Crippen LogP contribution in [0, 0.1) is 6.92 Å². The molecule has 0 fully saturated rings. The van der Waals surface area contributed by atoms with E-state index in [-0.39, 0.29) is 0 Å². The molecule has 0 aliphatic heterocycles. The van der Waals surface area contributed by atoms with E-state index in [0.29, 0.717) is 13.2 Å². The van der Waals surface area contributed by atoms with Crippen molar-refractivity contribution in [2.24, 2.45) is 4.99 Å². The zero-order valence-electron chi connectivity index (χ0n) is 16.3. The van der Waals surface area contributed by atoms with Crippen LogP contribution < -0.4 is 15.2 Å². The third kappa shape index (κ3) is 4.09. The fraction of sp³-hybridized carbons (Fsp3) is 0.125. The molecule has 3 N–H and O–H groups in total. The highest BCUT2D eigenvalue weighted by Crippen LogP contribution is 2.35. The van der Waals surface area contributed by atoms with Gasteiger partial charge < -0.3 is 20.2 Å². The van der Waals surface area contributed by atoms with E-state index in [1.54, 1.807) is 0 Å². The normalized spacial score (nSPS) is 10.8. The number of fused-ring (bicyclic) bond motifs is 1. The molecule has 1 heterocycles. The van der Waals surface area contributed by atoms with Gasteiger partial charge in [-0.1, -0.05) is 30.3 Å². The van der Waals surface area contributed by atoms with Crippen LogP contribution >= 0.6 is 0 Å². The van der Waals surface area contributed by atoms with Crippen molar-refractivity contribution < 1.29 is 9.47 Å². The number of benzene rings is 3. The summed E-state index contributed by atoms with van der Waals surface area (Å²) in [5, 5.41) is 0.963. The largest absolute Gasteiger partial charge is 0.488 e. The first-order valence-electron chi connectivity index (χ1n) is 9.41. The molecule has 0 spiro atoms. The molecule has 5 heteroatoms. The predicted octanol–water partition coefficient (Wildman–Crippen LogP) is 5.63. The molecular weight excluding hydrogens is 362 g/mol. The van der Waals surface area contributed by atoms with Crippen molar-refractivity contribution in [1.82, 2.24) is 4.98 Å².